The van der Waals surface area contributed by atoms with Gasteiger partial charge in [0, 0.05) is 12.1 Å². The van der Waals surface area contributed by atoms with Crippen LogP contribution in [0.1, 0.15) is 5.69 Å². The van der Waals surface area contributed by atoms with Gasteiger partial charge in [0.1, 0.15) is 17.7 Å². The van der Waals surface area contributed by atoms with Gasteiger partial charge >= 0.3 is 5.97 Å². The lowest BCUT2D eigenvalue weighted by atomic mass is 10.3. The summed E-state index contributed by atoms with van der Waals surface area (Å²) < 4.78 is 8.57. The molecule has 1 rings (SSSR count). The zero-order chi connectivity index (χ0) is 10.6. The molecule has 14 heavy (non-hydrogen) atoms. The number of aromatic nitrogens is 1. The molecule has 0 bridgehead atoms. The molecule has 0 atom stereocenters. The molecule has 74 valence electrons. The van der Waals surface area contributed by atoms with Gasteiger partial charge in [-0.15, -0.1) is 0 Å². The van der Waals surface area contributed by atoms with Gasteiger partial charge in [-0.1, -0.05) is 5.16 Å². The first-order chi connectivity index (χ1) is 6.65. The fraction of sp³-hybridized carbons (Fsp3) is 0.125. The minimum Gasteiger partial charge on any atom is -0.505 e. The highest BCUT2D eigenvalue weighted by Crippen LogP contribution is 2.07. The maximum Gasteiger partial charge on any atom is 0.378 e. The number of rotatable bonds is 3. The maximum atomic E-state index is 10.9. The smallest absolute Gasteiger partial charge is 0.378 e. The van der Waals surface area contributed by atoms with Crippen LogP contribution >= 0.6 is 0 Å². The van der Waals surface area contributed by atoms with Crippen molar-refractivity contribution in [3.05, 3.63) is 24.1 Å². The summed E-state index contributed by atoms with van der Waals surface area (Å²) >= 11 is 0. The van der Waals surface area contributed by atoms with Crippen molar-refractivity contribution >= 4 is 17.5 Å². The Bertz CT molecular complexity index is 365. The molecular formula is C8H7NO5. The van der Waals surface area contributed by atoms with E-state index in [9.17, 15) is 14.7 Å². The van der Waals surface area contributed by atoms with Gasteiger partial charge < -0.3 is 14.4 Å². The Morgan fingerprint density at radius 3 is 2.86 bits per heavy atom. The monoisotopic (exact) mass is 197 g/mol. The van der Waals surface area contributed by atoms with Crippen molar-refractivity contribution in [3.63, 3.8) is 0 Å². The van der Waals surface area contributed by atoms with Crippen LogP contribution in [0.5, 0.6) is 0 Å². The second-order valence-corrected chi connectivity index (χ2v) is 2.27. The van der Waals surface area contributed by atoms with Crippen LogP contribution in [-0.2, 0) is 14.3 Å². The molecule has 0 fully saturated rings. The van der Waals surface area contributed by atoms with E-state index in [1.807, 2.05) is 0 Å². The summed E-state index contributed by atoms with van der Waals surface area (Å²) in [6.45, 7) is 0. The van der Waals surface area contributed by atoms with E-state index in [1.54, 1.807) is 0 Å². The van der Waals surface area contributed by atoms with Crippen molar-refractivity contribution in [2.45, 2.75) is 0 Å². The zero-order valence-corrected chi connectivity index (χ0v) is 7.26. The Morgan fingerprint density at radius 2 is 2.36 bits per heavy atom. The predicted molar refractivity (Wildman–Crippen MR) is 44.1 cm³/mol. The van der Waals surface area contributed by atoms with Crippen LogP contribution in [-0.4, -0.2) is 29.1 Å². The highest BCUT2D eigenvalue weighted by Gasteiger charge is 2.13. The van der Waals surface area contributed by atoms with Gasteiger partial charge in [-0.3, -0.25) is 4.79 Å². The summed E-state index contributed by atoms with van der Waals surface area (Å²) in [6.07, 6.45) is 1.94. The van der Waals surface area contributed by atoms with Gasteiger partial charge in [-0.05, 0) is 0 Å². The summed E-state index contributed by atoms with van der Waals surface area (Å²) in [5.74, 6) is -2.47. The Labute approximate surface area is 78.8 Å². The molecule has 0 saturated heterocycles. The molecule has 6 nitrogen and oxygen atoms in total. The van der Waals surface area contributed by atoms with E-state index in [4.69, 9.17) is 0 Å². The first kappa shape index (κ1) is 9.97. The van der Waals surface area contributed by atoms with Gasteiger partial charge in [0.05, 0.1) is 7.11 Å². The third-order valence-corrected chi connectivity index (χ3v) is 1.35. The van der Waals surface area contributed by atoms with Crippen LogP contribution in [0.25, 0.3) is 5.76 Å². The van der Waals surface area contributed by atoms with Crippen LogP contribution in [0.4, 0.5) is 0 Å². The maximum absolute atomic E-state index is 10.9. The number of hydrogen-bond acceptors (Lipinski definition) is 6. The van der Waals surface area contributed by atoms with E-state index >= 15 is 0 Å². The van der Waals surface area contributed by atoms with E-state index in [2.05, 4.69) is 14.4 Å². The third-order valence-electron chi connectivity index (χ3n) is 1.35. The first-order valence-electron chi connectivity index (χ1n) is 3.59. The van der Waals surface area contributed by atoms with Crippen LogP contribution in [0.15, 0.2) is 22.9 Å². The summed E-state index contributed by atoms with van der Waals surface area (Å²) in [7, 11) is 1.07. The van der Waals surface area contributed by atoms with Crippen LogP contribution in [0.3, 0.4) is 0 Å². The van der Waals surface area contributed by atoms with E-state index in [-0.39, 0.29) is 5.69 Å². The Hall–Kier alpha value is -2.11. The number of hydrogen-bond donors (Lipinski definition) is 1. The number of esters is 1. The summed E-state index contributed by atoms with van der Waals surface area (Å²) in [5.41, 5.74) is 0.0715. The molecule has 1 aromatic rings. The van der Waals surface area contributed by atoms with Crippen molar-refractivity contribution < 1.29 is 24.0 Å². The number of nitrogens with zero attached hydrogens (tertiary/aromatic N) is 1. The normalized spacial score (nSPS) is 11.1. The summed E-state index contributed by atoms with van der Waals surface area (Å²) in [5, 5.41) is 12.6. The quantitative estimate of drug-likeness (QED) is 0.324. The van der Waals surface area contributed by atoms with E-state index in [0.717, 1.165) is 7.11 Å². The molecule has 0 radical (unpaired) electrons. The molecule has 1 aromatic heterocycles. The van der Waals surface area contributed by atoms with Crippen molar-refractivity contribution in [1.29, 1.82) is 0 Å². The minimum atomic E-state index is -1.06. The number of carbonyl (C=O) groups excluding carboxylic acids is 2. The predicted octanol–water partition coefficient (Wildman–Crippen LogP) is 0.316. The molecule has 0 unspecified atom stereocenters. The Kier molecular flexibility index (Phi) is 3.01. The van der Waals surface area contributed by atoms with Crippen LogP contribution < -0.4 is 0 Å². The van der Waals surface area contributed by atoms with Crippen molar-refractivity contribution in [2.24, 2.45) is 0 Å². The number of aliphatic hydroxyl groups excluding tert-OH is 1. The first-order valence-corrected chi connectivity index (χ1v) is 3.59. The summed E-state index contributed by atoms with van der Waals surface area (Å²) in [6, 6.07) is 1.34. The third kappa shape index (κ3) is 2.19. The SMILES string of the molecule is COC(=O)C(=O)/C=C(\O)c1ccon1. The van der Waals surface area contributed by atoms with Gasteiger partial charge in [0.25, 0.3) is 5.78 Å². The largest absolute Gasteiger partial charge is 0.505 e. The lowest BCUT2D eigenvalue weighted by Gasteiger charge is -1.93. The Morgan fingerprint density at radius 1 is 1.64 bits per heavy atom. The Balaban J connectivity index is 2.79. The molecule has 0 amide bonds. The van der Waals surface area contributed by atoms with E-state index < -0.39 is 17.5 Å². The highest BCUT2D eigenvalue weighted by molar-refractivity contribution is 6.39. The van der Waals surface area contributed by atoms with Gasteiger partial charge in [0.2, 0.25) is 0 Å². The minimum absolute atomic E-state index is 0.0715. The van der Waals surface area contributed by atoms with Gasteiger partial charge in [-0.2, -0.15) is 0 Å². The molecule has 0 aromatic carbocycles. The molecule has 0 aliphatic rings. The average Bonchev–Trinajstić information content (AvgIpc) is 2.69. The van der Waals surface area contributed by atoms with Crippen molar-refractivity contribution in [2.75, 3.05) is 7.11 Å². The standard InChI is InChI=1S/C8H7NO5/c1-13-8(12)7(11)4-6(10)5-2-3-14-9-5/h2-4,10H,1H3/b6-4-. The van der Waals surface area contributed by atoms with E-state index in [1.165, 1.54) is 12.3 Å². The molecule has 0 spiro atoms. The molecule has 1 heterocycles. The highest BCUT2D eigenvalue weighted by atomic mass is 16.5. The number of ether oxygens (including phenoxy) is 1. The lowest BCUT2D eigenvalue weighted by molar-refractivity contribution is -0.149. The fourth-order valence-corrected chi connectivity index (χ4v) is 0.702. The van der Waals surface area contributed by atoms with Gasteiger partial charge in [0.15, 0.2) is 0 Å². The average molecular weight is 197 g/mol. The second-order valence-electron chi connectivity index (χ2n) is 2.27. The van der Waals surface area contributed by atoms with E-state index in [0.29, 0.717) is 6.08 Å². The fourth-order valence-electron chi connectivity index (χ4n) is 0.702. The van der Waals surface area contributed by atoms with Crippen LogP contribution in [0, 0.1) is 0 Å². The lowest BCUT2D eigenvalue weighted by Crippen LogP contribution is -2.13. The van der Waals surface area contributed by atoms with Crippen molar-refractivity contribution in [3.8, 4) is 0 Å². The number of methoxy groups -OCH3 is 1. The topological polar surface area (TPSA) is 89.6 Å². The summed E-state index contributed by atoms with van der Waals surface area (Å²) in [4.78, 5) is 21.6. The second kappa shape index (κ2) is 4.22. The molecule has 1 N–H and O–H groups in total. The molecule has 0 aliphatic carbocycles. The number of aliphatic hydroxyl groups is 1. The molecule has 6 heteroatoms. The zero-order valence-electron chi connectivity index (χ0n) is 7.26. The molecule has 0 saturated carbocycles. The number of ketones is 1. The number of carbonyl (C=O) groups is 2. The molecule has 0 aliphatic heterocycles. The van der Waals surface area contributed by atoms with Crippen molar-refractivity contribution in [1.82, 2.24) is 5.16 Å². The van der Waals surface area contributed by atoms with Crippen LogP contribution in [0.2, 0.25) is 0 Å². The van der Waals surface area contributed by atoms with Gasteiger partial charge in [-0.25, -0.2) is 4.79 Å². The molecular weight excluding hydrogens is 190 g/mol.